The summed E-state index contributed by atoms with van der Waals surface area (Å²) in [5, 5.41) is 17.2. The van der Waals surface area contributed by atoms with Gasteiger partial charge in [-0.2, -0.15) is 9.78 Å². The van der Waals surface area contributed by atoms with Crippen molar-refractivity contribution in [2.24, 2.45) is 5.10 Å². The molecule has 33 heavy (non-hydrogen) atoms. The lowest BCUT2D eigenvalue weighted by atomic mass is 9.84. The Balaban J connectivity index is 1.48. The number of rotatable bonds is 3. The van der Waals surface area contributed by atoms with Crippen LogP contribution in [0, 0.1) is 0 Å². The molecule has 0 amide bonds. The molecule has 2 aliphatic carbocycles. The maximum Gasteiger partial charge on any atom is 0.282 e. The molecule has 164 valence electrons. The number of benzene rings is 2. The lowest BCUT2D eigenvalue weighted by Gasteiger charge is -2.27. The van der Waals surface area contributed by atoms with Gasteiger partial charge in [0, 0.05) is 11.3 Å². The average Bonchev–Trinajstić information content (AvgIpc) is 3.40. The third kappa shape index (κ3) is 3.37. The molecule has 0 fully saturated rings. The predicted octanol–water partition coefficient (Wildman–Crippen LogP) is 4.92. The zero-order chi connectivity index (χ0) is 22.4. The van der Waals surface area contributed by atoms with E-state index in [9.17, 15) is 9.90 Å². The molecule has 2 aromatic carbocycles. The molecule has 1 atom stereocenters. The fourth-order valence-electron chi connectivity index (χ4n) is 5.02. The first-order valence-electron chi connectivity index (χ1n) is 11.3. The molecule has 2 heterocycles. The minimum Gasteiger partial charge on any atom is -0.380 e. The number of nitrogens with zero attached hydrogens (tertiary/aromatic N) is 3. The fraction of sp³-hybridized carbons (Fsp3) is 0.222. The molecule has 0 aliphatic heterocycles. The highest BCUT2D eigenvalue weighted by Gasteiger charge is 2.40. The summed E-state index contributed by atoms with van der Waals surface area (Å²) in [6.45, 7) is 0. The lowest BCUT2D eigenvalue weighted by molar-refractivity contribution is 0.113. The van der Waals surface area contributed by atoms with Crippen molar-refractivity contribution in [1.82, 2.24) is 9.66 Å². The zero-order valence-corrected chi connectivity index (χ0v) is 18.9. The SMILES string of the molecule is O=c1c2c3c(sc2ncn1/N=C1\C=C(c2ccccc2)[C@](O)(c2ccccc2)C1)CCCC3. The molecule has 0 radical (unpaired) electrons. The van der Waals surface area contributed by atoms with Crippen molar-refractivity contribution in [2.45, 2.75) is 37.7 Å². The van der Waals surface area contributed by atoms with Crippen LogP contribution in [0.4, 0.5) is 0 Å². The van der Waals surface area contributed by atoms with Gasteiger partial charge in [0.25, 0.3) is 5.56 Å². The van der Waals surface area contributed by atoms with Crippen molar-refractivity contribution in [3.63, 3.8) is 0 Å². The van der Waals surface area contributed by atoms with Crippen LogP contribution in [0.1, 0.15) is 40.8 Å². The summed E-state index contributed by atoms with van der Waals surface area (Å²) in [6.07, 6.45) is 7.93. The van der Waals surface area contributed by atoms with Gasteiger partial charge in [-0.05, 0) is 54.0 Å². The van der Waals surface area contributed by atoms with Crippen molar-refractivity contribution in [3.05, 3.63) is 105 Å². The highest BCUT2D eigenvalue weighted by molar-refractivity contribution is 7.18. The molecule has 6 rings (SSSR count). The molecule has 0 saturated heterocycles. The van der Waals surface area contributed by atoms with Gasteiger partial charge in [-0.15, -0.1) is 11.3 Å². The molecule has 4 aromatic rings. The third-order valence-corrected chi connectivity index (χ3v) is 7.82. The third-order valence-electron chi connectivity index (χ3n) is 6.62. The molecular weight excluding hydrogens is 430 g/mol. The van der Waals surface area contributed by atoms with E-state index in [2.05, 4.69) is 10.1 Å². The van der Waals surface area contributed by atoms with Gasteiger partial charge < -0.3 is 5.11 Å². The van der Waals surface area contributed by atoms with Crippen LogP contribution in [0.3, 0.4) is 0 Å². The molecule has 0 bridgehead atoms. The highest BCUT2D eigenvalue weighted by Crippen LogP contribution is 2.44. The molecule has 0 saturated carbocycles. The molecular formula is C27H23N3O2S. The van der Waals surface area contributed by atoms with E-state index >= 15 is 0 Å². The maximum absolute atomic E-state index is 13.4. The van der Waals surface area contributed by atoms with E-state index in [-0.39, 0.29) is 12.0 Å². The maximum atomic E-state index is 13.4. The standard InChI is InChI=1S/C27H23N3O2S/c31-26-24-21-13-7-8-14-23(21)33-25(24)28-17-30(26)29-20-15-22(18-9-3-1-4-10-18)27(32,16-20)19-11-5-2-6-12-19/h1-6,9-12,15,17,32H,7-8,13-14,16H2/b29-20+/t27-/m1/s1. The Labute approximate surface area is 195 Å². The molecule has 0 spiro atoms. The number of hydrogen-bond donors (Lipinski definition) is 1. The normalized spacial score (nSPS) is 21.4. The van der Waals surface area contributed by atoms with Gasteiger partial charge in [0.1, 0.15) is 16.8 Å². The molecule has 5 nitrogen and oxygen atoms in total. The summed E-state index contributed by atoms with van der Waals surface area (Å²) in [4.78, 5) is 20.0. The summed E-state index contributed by atoms with van der Waals surface area (Å²) in [5.74, 6) is 0. The van der Waals surface area contributed by atoms with Crippen LogP contribution in [0.15, 0.2) is 83.0 Å². The molecule has 1 N–H and O–H groups in total. The van der Waals surface area contributed by atoms with Crippen LogP contribution >= 0.6 is 11.3 Å². The summed E-state index contributed by atoms with van der Waals surface area (Å²) in [5.41, 5.74) is 2.97. The Kier molecular flexibility index (Phi) is 4.85. The van der Waals surface area contributed by atoms with Crippen LogP contribution in [0.5, 0.6) is 0 Å². The van der Waals surface area contributed by atoms with E-state index in [4.69, 9.17) is 0 Å². The number of fused-ring (bicyclic) bond motifs is 3. The van der Waals surface area contributed by atoms with Crippen LogP contribution in [0.2, 0.25) is 0 Å². The fourth-order valence-corrected chi connectivity index (χ4v) is 6.24. The summed E-state index contributed by atoms with van der Waals surface area (Å²) < 4.78 is 1.34. The second-order valence-corrected chi connectivity index (χ2v) is 9.79. The van der Waals surface area contributed by atoms with Crippen molar-refractivity contribution < 1.29 is 5.11 Å². The van der Waals surface area contributed by atoms with Gasteiger partial charge >= 0.3 is 0 Å². The second-order valence-electron chi connectivity index (χ2n) is 8.70. The number of allylic oxidation sites excluding steroid dienone is 1. The highest BCUT2D eigenvalue weighted by atomic mass is 32.1. The largest absolute Gasteiger partial charge is 0.380 e. The Bertz CT molecular complexity index is 1470. The number of aromatic nitrogens is 2. The zero-order valence-electron chi connectivity index (χ0n) is 18.1. The van der Waals surface area contributed by atoms with Gasteiger partial charge in [-0.25, -0.2) is 4.98 Å². The number of hydrogen-bond acceptors (Lipinski definition) is 5. The van der Waals surface area contributed by atoms with Gasteiger partial charge in [0.05, 0.1) is 11.1 Å². The van der Waals surface area contributed by atoms with Crippen molar-refractivity contribution >= 4 is 32.8 Å². The first-order valence-corrected chi connectivity index (χ1v) is 12.1. The van der Waals surface area contributed by atoms with Gasteiger partial charge in [0.15, 0.2) is 0 Å². The number of thiophene rings is 1. The number of aryl methyl sites for hydroxylation is 2. The van der Waals surface area contributed by atoms with Crippen LogP contribution < -0.4 is 5.56 Å². The van der Waals surface area contributed by atoms with Gasteiger partial charge in [-0.1, -0.05) is 60.7 Å². The first-order chi connectivity index (χ1) is 16.1. The van der Waals surface area contributed by atoms with Crippen molar-refractivity contribution in [1.29, 1.82) is 0 Å². The van der Waals surface area contributed by atoms with E-state index < -0.39 is 5.60 Å². The minimum absolute atomic E-state index is 0.128. The van der Waals surface area contributed by atoms with E-state index in [1.54, 1.807) is 11.3 Å². The first kappa shape index (κ1) is 20.3. The molecule has 6 heteroatoms. The Morgan fingerprint density at radius 2 is 1.73 bits per heavy atom. The summed E-state index contributed by atoms with van der Waals surface area (Å²) >= 11 is 1.64. The minimum atomic E-state index is -1.22. The summed E-state index contributed by atoms with van der Waals surface area (Å²) in [6, 6.07) is 19.5. The topological polar surface area (TPSA) is 67.5 Å². The lowest BCUT2D eigenvalue weighted by Crippen LogP contribution is -2.26. The van der Waals surface area contributed by atoms with Crippen molar-refractivity contribution in [3.8, 4) is 0 Å². The predicted molar refractivity (Wildman–Crippen MR) is 133 cm³/mol. The molecule has 2 aromatic heterocycles. The Hall–Kier alpha value is -3.35. The van der Waals surface area contributed by atoms with E-state index in [0.29, 0.717) is 11.1 Å². The molecule has 0 unspecified atom stereocenters. The van der Waals surface area contributed by atoms with Crippen LogP contribution in [-0.4, -0.2) is 20.5 Å². The monoisotopic (exact) mass is 453 g/mol. The van der Waals surface area contributed by atoms with E-state index in [1.165, 1.54) is 22.3 Å². The van der Waals surface area contributed by atoms with Gasteiger partial charge in [-0.3, -0.25) is 4.79 Å². The van der Waals surface area contributed by atoms with E-state index in [0.717, 1.165) is 46.4 Å². The summed E-state index contributed by atoms with van der Waals surface area (Å²) in [7, 11) is 0. The Morgan fingerprint density at radius 3 is 2.52 bits per heavy atom. The van der Waals surface area contributed by atoms with Crippen LogP contribution in [0.25, 0.3) is 15.8 Å². The van der Waals surface area contributed by atoms with E-state index in [1.807, 2.05) is 66.7 Å². The average molecular weight is 454 g/mol. The number of aliphatic hydroxyl groups is 1. The second kappa shape index (κ2) is 7.90. The molecule has 2 aliphatic rings. The smallest absolute Gasteiger partial charge is 0.282 e. The van der Waals surface area contributed by atoms with Crippen molar-refractivity contribution in [2.75, 3.05) is 0 Å². The van der Waals surface area contributed by atoms with Crippen LogP contribution in [-0.2, 0) is 18.4 Å². The quantitative estimate of drug-likeness (QED) is 0.479. The Morgan fingerprint density at radius 1 is 1.00 bits per heavy atom. The van der Waals surface area contributed by atoms with Gasteiger partial charge in [0.2, 0.25) is 0 Å².